The van der Waals surface area contributed by atoms with Crippen molar-refractivity contribution in [3.63, 3.8) is 0 Å². The van der Waals surface area contributed by atoms with Crippen molar-refractivity contribution in [2.24, 2.45) is 0 Å². The quantitative estimate of drug-likeness (QED) is 0.595. The molecule has 0 bridgehead atoms. The molecule has 0 aliphatic carbocycles. The molecule has 0 amide bonds. The van der Waals surface area contributed by atoms with E-state index in [0.29, 0.717) is 12.4 Å². The number of halogens is 1. The van der Waals surface area contributed by atoms with Crippen LogP contribution in [-0.2, 0) is 12.1 Å². The second-order valence-electron chi connectivity index (χ2n) is 10.6. The zero-order valence-electron chi connectivity index (χ0n) is 19.2. The predicted octanol–water partition coefficient (Wildman–Crippen LogP) is 5.53. The fourth-order valence-corrected chi connectivity index (χ4v) is 8.58. The van der Waals surface area contributed by atoms with Gasteiger partial charge in [0.25, 0.3) is 5.56 Å². The van der Waals surface area contributed by atoms with Crippen molar-refractivity contribution < 1.29 is 4.74 Å². The number of benzene rings is 1. The van der Waals surface area contributed by atoms with E-state index in [1.807, 2.05) is 20.8 Å². The Hall–Kier alpha value is -1.59. The van der Waals surface area contributed by atoms with Gasteiger partial charge in [-0.15, -0.1) is 0 Å². The third kappa shape index (κ3) is 5.73. The summed E-state index contributed by atoms with van der Waals surface area (Å²) in [5, 5.41) is 6.22. The van der Waals surface area contributed by atoms with Gasteiger partial charge in [0.1, 0.15) is 6.61 Å². The van der Waals surface area contributed by atoms with Crippen molar-refractivity contribution in [2.75, 3.05) is 0 Å². The fraction of sp³-hybridized carbons (Fsp3) is 0.565. The Morgan fingerprint density at radius 1 is 0.966 bits per heavy atom. The number of rotatable bonds is 4. The van der Waals surface area contributed by atoms with Crippen molar-refractivity contribution in [3.05, 3.63) is 51.4 Å². The van der Waals surface area contributed by atoms with E-state index in [2.05, 4.69) is 70.9 Å². The summed E-state index contributed by atoms with van der Waals surface area (Å²) in [6, 6.07) is 8.66. The van der Waals surface area contributed by atoms with Gasteiger partial charge in [-0.1, -0.05) is 82.6 Å². The predicted molar refractivity (Wildman–Crippen MR) is 124 cm³/mol. The molecule has 6 heteroatoms. The third-order valence-electron chi connectivity index (χ3n) is 4.66. The van der Waals surface area contributed by atoms with Gasteiger partial charge in [0.15, 0.2) is 10.8 Å². The molecule has 2 aromatic rings. The summed E-state index contributed by atoms with van der Waals surface area (Å²) in [6.07, 6.45) is 1.52. The lowest BCUT2D eigenvalue weighted by atomic mass is 10.1. The van der Waals surface area contributed by atoms with E-state index < -0.39 is 14.3 Å². The van der Waals surface area contributed by atoms with Crippen LogP contribution in [0.4, 0.5) is 0 Å². The average Bonchev–Trinajstić information content (AvgIpc) is 2.53. The monoisotopic (exact) mass is 433 g/mol. The molecule has 159 valence electrons. The minimum atomic E-state index is -0.783. The summed E-state index contributed by atoms with van der Waals surface area (Å²) in [6.45, 7) is 20.1. The summed E-state index contributed by atoms with van der Waals surface area (Å²) < 4.78 is 7.18. The largest absolute Gasteiger partial charge is 0.485 e. The highest BCUT2D eigenvalue weighted by atomic mass is 35.5. The first-order valence-electron chi connectivity index (χ1n) is 10.0. The number of nitrogens with zero attached hydrogens (tertiary/aromatic N) is 2. The Morgan fingerprint density at radius 2 is 1.48 bits per heavy atom. The van der Waals surface area contributed by atoms with E-state index in [1.54, 1.807) is 0 Å². The minimum absolute atomic E-state index is 0.0671. The molecular formula is C23H34ClN2O2Si. The lowest BCUT2D eigenvalue weighted by molar-refractivity contribution is 0.292. The number of hydrogen-bond acceptors (Lipinski definition) is 3. The maximum Gasteiger partial charge on any atom is 0.289 e. The molecule has 0 saturated carbocycles. The van der Waals surface area contributed by atoms with Crippen LogP contribution in [-0.4, -0.2) is 18.6 Å². The summed E-state index contributed by atoms with van der Waals surface area (Å²) in [5.74, 6) is 0.315. The summed E-state index contributed by atoms with van der Waals surface area (Å²) >= 11 is 6.24. The normalized spacial score (nSPS) is 13.1. The zero-order chi connectivity index (χ0) is 22.2. The van der Waals surface area contributed by atoms with Gasteiger partial charge in [0.2, 0.25) is 0 Å². The Morgan fingerprint density at radius 3 is 1.93 bits per heavy atom. The molecule has 29 heavy (non-hydrogen) atoms. The van der Waals surface area contributed by atoms with E-state index in [-0.39, 0.29) is 20.7 Å². The molecule has 0 atom stereocenters. The number of ether oxygens (including phenoxy) is 1. The van der Waals surface area contributed by atoms with E-state index >= 15 is 0 Å². The summed E-state index contributed by atoms with van der Waals surface area (Å²) in [4.78, 5) is 12.4. The van der Waals surface area contributed by atoms with Crippen molar-refractivity contribution in [2.45, 2.75) is 84.5 Å². The van der Waals surface area contributed by atoms with E-state index in [1.165, 1.54) is 16.1 Å². The molecule has 0 aliphatic rings. The van der Waals surface area contributed by atoms with Gasteiger partial charge < -0.3 is 4.74 Å². The first kappa shape index (κ1) is 23.7. The first-order chi connectivity index (χ1) is 13.1. The fourth-order valence-electron chi connectivity index (χ4n) is 3.92. The SMILES string of the molecule is CC(C)(C)n1ncc(OCc2ccc([Si](C(C)(C)C)C(C)(C)C)cc2)c(Cl)c1=O. The van der Waals surface area contributed by atoms with Crippen LogP contribution in [0.3, 0.4) is 0 Å². The van der Waals surface area contributed by atoms with E-state index in [9.17, 15) is 4.79 Å². The molecule has 1 aromatic heterocycles. The van der Waals surface area contributed by atoms with E-state index in [4.69, 9.17) is 16.3 Å². The highest BCUT2D eigenvalue weighted by molar-refractivity contribution is 6.78. The van der Waals surface area contributed by atoms with Gasteiger partial charge in [-0.2, -0.15) is 5.10 Å². The zero-order valence-corrected chi connectivity index (χ0v) is 20.9. The van der Waals surface area contributed by atoms with Gasteiger partial charge in [0.05, 0.1) is 20.5 Å². The molecule has 1 heterocycles. The molecule has 0 fully saturated rings. The molecule has 4 nitrogen and oxygen atoms in total. The standard InChI is InChI=1S/C23H34ClN2O2Si/c1-21(2,3)26-20(27)19(24)18(14-25-26)28-15-16-10-12-17(13-11-16)29(22(4,5)6)23(7,8)9/h10-14H,15H2,1-9H3. The highest BCUT2D eigenvalue weighted by Gasteiger charge is 2.38. The van der Waals surface area contributed by atoms with Crippen molar-refractivity contribution >= 4 is 25.6 Å². The maximum absolute atomic E-state index is 12.4. The third-order valence-corrected chi connectivity index (χ3v) is 8.92. The second kappa shape index (κ2) is 8.27. The summed E-state index contributed by atoms with van der Waals surface area (Å²) in [7, 11) is -0.783. The van der Waals surface area contributed by atoms with Gasteiger partial charge in [-0.3, -0.25) is 4.79 Å². The van der Waals surface area contributed by atoms with Crippen LogP contribution < -0.4 is 15.5 Å². The van der Waals surface area contributed by atoms with Crippen molar-refractivity contribution in [3.8, 4) is 5.75 Å². The molecule has 2 rings (SSSR count). The van der Waals surface area contributed by atoms with Crippen LogP contribution in [0.5, 0.6) is 5.75 Å². The van der Waals surface area contributed by atoms with Crippen LogP contribution in [0.2, 0.25) is 15.1 Å². The lowest BCUT2D eigenvalue weighted by Crippen LogP contribution is -2.45. The summed E-state index contributed by atoms with van der Waals surface area (Å²) in [5.41, 5.74) is 0.262. The maximum atomic E-state index is 12.4. The molecular weight excluding hydrogens is 400 g/mol. The molecule has 0 unspecified atom stereocenters. The number of aromatic nitrogens is 2. The van der Waals surface area contributed by atoms with Crippen LogP contribution >= 0.6 is 11.6 Å². The first-order valence-corrected chi connectivity index (χ1v) is 11.9. The smallest absolute Gasteiger partial charge is 0.289 e. The molecule has 1 aromatic carbocycles. The highest BCUT2D eigenvalue weighted by Crippen LogP contribution is 2.41. The van der Waals surface area contributed by atoms with Crippen LogP contribution in [0, 0.1) is 0 Å². The molecule has 1 radical (unpaired) electrons. The van der Waals surface area contributed by atoms with Gasteiger partial charge in [-0.05, 0) is 36.4 Å². The van der Waals surface area contributed by atoms with Crippen molar-refractivity contribution in [1.29, 1.82) is 0 Å². The Labute approximate surface area is 181 Å². The van der Waals surface area contributed by atoms with Crippen LogP contribution in [0.1, 0.15) is 67.9 Å². The Bertz CT molecular complexity index is 887. The van der Waals surface area contributed by atoms with Gasteiger partial charge in [0, 0.05) is 0 Å². The van der Waals surface area contributed by atoms with Gasteiger partial charge in [-0.25, -0.2) is 4.68 Å². The molecule has 0 saturated heterocycles. The second-order valence-corrected chi connectivity index (χ2v) is 15.3. The van der Waals surface area contributed by atoms with Crippen molar-refractivity contribution in [1.82, 2.24) is 9.78 Å². The lowest BCUT2D eigenvalue weighted by Gasteiger charge is -2.39. The Kier molecular flexibility index (Phi) is 6.75. The minimum Gasteiger partial charge on any atom is -0.485 e. The van der Waals surface area contributed by atoms with E-state index in [0.717, 1.165) is 5.56 Å². The van der Waals surface area contributed by atoms with Crippen LogP contribution in [0.25, 0.3) is 0 Å². The number of hydrogen-bond donors (Lipinski definition) is 0. The molecule has 0 aliphatic heterocycles. The average molecular weight is 434 g/mol. The topological polar surface area (TPSA) is 44.1 Å². The molecule has 0 spiro atoms. The molecule has 0 N–H and O–H groups in total. The van der Waals surface area contributed by atoms with Crippen LogP contribution in [0.15, 0.2) is 35.3 Å². The Balaban J connectivity index is 2.19. The van der Waals surface area contributed by atoms with Gasteiger partial charge >= 0.3 is 0 Å².